The second-order valence-corrected chi connectivity index (χ2v) is 9.99. The molecule has 0 spiro atoms. The van der Waals surface area contributed by atoms with Crippen molar-refractivity contribution >= 4 is 32.5 Å². The number of fused-ring (bicyclic) bond motifs is 2. The first-order chi connectivity index (χ1) is 16.2. The number of hydrogen-bond donors (Lipinski definition) is 3. The minimum atomic E-state index is -1.03. The summed E-state index contributed by atoms with van der Waals surface area (Å²) in [6, 6.07) is 18.9. The fraction of sp³-hybridized carbons (Fsp3) is 0.296. The van der Waals surface area contributed by atoms with Crippen molar-refractivity contribution in [3.05, 3.63) is 76.7 Å². The van der Waals surface area contributed by atoms with Gasteiger partial charge in [0.25, 0.3) is 0 Å². The van der Waals surface area contributed by atoms with E-state index in [1.165, 1.54) is 18.4 Å². The molecule has 6 rings (SSSR count). The number of thiophene rings is 1. The van der Waals surface area contributed by atoms with E-state index in [2.05, 4.69) is 80.9 Å². The van der Waals surface area contributed by atoms with Gasteiger partial charge in [0.1, 0.15) is 11.3 Å². The molecule has 3 N–H and O–H groups in total. The second kappa shape index (κ2) is 8.13. The summed E-state index contributed by atoms with van der Waals surface area (Å²) in [5, 5.41) is 22.8. The maximum atomic E-state index is 12.0. The highest BCUT2D eigenvalue weighted by molar-refractivity contribution is 7.17. The van der Waals surface area contributed by atoms with Gasteiger partial charge in [-0.2, -0.15) is 5.10 Å². The lowest BCUT2D eigenvalue weighted by Crippen LogP contribution is -2.29. The minimum absolute atomic E-state index is 0.613. The van der Waals surface area contributed by atoms with E-state index in [9.17, 15) is 5.11 Å². The van der Waals surface area contributed by atoms with Crippen LogP contribution in [0.4, 0.5) is 0 Å². The van der Waals surface area contributed by atoms with Crippen molar-refractivity contribution < 1.29 is 5.11 Å². The van der Waals surface area contributed by atoms with Gasteiger partial charge in [0.05, 0.1) is 15.9 Å². The Kier molecular flexibility index (Phi) is 5.09. The molecule has 0 bridgehead atoms. The lowest BCUT2D eigenvalue weighted by molar-refractivity contribution is 0.0749. The Morgan fingerprint density at radius 3 is 2.76 bits per heavy atom. The molecular formula is C27H28N4OS. The largest absolute Gasteiger partial charge is 0.380 e. The number of hydrogen-bond acceptors (Lipinski definition) is 4. The molecule has 1 unspecified atom stereocenters. The van der Waals surface area contributed by atoms with E-state index in [1.54, 1.807) is 11.3 Å². The molecule has 4 heterocycles. The number of aliphatic hydroxyl groups is 1. The highest BCUT2D eigenvalue weighted by Gasteiger charge is 2.32. The summed E-state index contributed by atoms with van der Waals surface area (Å²) in [4.78, 5) is 6.00. The normalized spacial score (nSPS) is 16.7. The van der Waals surface area contributed by atoms with Crippen LogP contribution in [0.2, 0.25) is 0 Å². The Hall–Kier alpha value is -2.93. The summed E-state index contributed by atoms with van der Waals surface area (Å²) in [6.07, 6.45) is 3.14. The molecule has 3 aromatic heterocycles. The predicted octanol–water partition coefficient (Wildman–Crippen LogP) is 6.01. The van der Waals surface area contributed by atoms with Gasteiger partial charge in [-0.25, -0.2) is 0 Å². The third-order valence-electron chi connectivity index (χ3n) is 7.09. The summed E-state index contributed by atoms with van der Waals surface area (Å²) in [6.45, 7) is 5.24. The standard InChI is InChI=1S/C27H28N4OS/c1-2-27(32,21-8-4-3-7-18(21)17-31-12-5-6-13-31)20-9-10-22-19(15-20)16-24(28-22)25-26-23(29-30-25)11-14-33-26/h3-4,7-11,14-16,28,32H,2,5-6,12-13,17H2,1H3,(H,29,30). The Bertz CT molecular complexity index is 1420. The average Bonchev–Trinajstić information content (AvgIpc) is 3.62. The van der Waals surface area contributed by atoms with Crippen molar-refractivity contribution in [1.29, 1.82) is 0 Å². The summed E-state index contributed by atoms with van der Waals surface area (Å²) >= 11 is 1.69. The van der Waals surface area contributed by atoms with Crippen molar-refractivity contribution in [2.45, 2.75) is 38.3 Å². The van der Waals surface area contributed by atoms with E-state index in [-0.39, 0.29) is 0 Å². The fourth-order valence-corrected chi connectivity index (χ4v) is 6.09. The topological polar surface area (TPSA) is 67.9 Å². The summed E-state index contributed by atoms with van der Waals surface area (Å²) in [5.74, 6) is 0. The first kappa shape index (κ1) is 20.7. The maximum Gasteiger partial charge on any atom is 0.126 e. The molecule has 0 radical (unpaired) electrons. The van der Waals surface area contributed by atoms with Crippen LogP contribution in [-0.2, 0) is 12.1 Å². The van der Waals surface area contributed by atoms with Gasteiger partial charge in [0.2, 0.25) is 0 Å². The molecule has 1 aliphatic rings. The van der Waals surface area contributed by atoms with Crippen LogP contribution < -0.4 is 0 Å². The van der Waals surface area contributed by atoms with Gasteiger partial charge in [-0.1, -0.05) is 37.3 Å². The van der Waals surface area contributed by atoms with Crippen molar-refractivity contribution in [3.63, 3.8) is 0 Å². The fourth-order valence-electron chi connectivity index (χ4n) is 5.24. The first-order valence-electron chi connectivity index (χ1n) is 11.7. The Morgan fingerprint density at radius 1 is 1.06 bits per heavy atom. The van der Waals surface area contributed by atoms with Gasteiger partial charge in [-0.15, -0.1) is 11.3 Å². The number of nitrogens with zero attached hydrogens (tertiary/aromatic N) is 2. The molecule has 33 heavy (non-hydrogen) atoms. The van der Waals surface area contributed by atoms with Gasteiger partial charge in [0, 0.05) is 17.4 Å². The van der Waals surface area contributed by atoms with Crippen molar-refractivity contribution in [2.24, 2.45) is 0 Å². The molecule has 1 saturated heterocycles. The van der Waals surface area contributed by atoms with Crippen LogP contribution in [0.5, 0.6) is 0 Å². The zero-order valence-corrected chi connectivity index (χ0v) is 19.6. The van der Waals surface area contributed by atoms with Crippen molar-refractivity contribution in [3.8, 4) is 11.4 Å². The molecule has 168 valence electrons. The van der Waals surface area contributed by atoms with Crippen LogP contribution in [0.25, 0.3) is 32.5 Å². The number of likely N-dealkylation sites (tertiary alicyclic amines) is 1. The molecular weight excluding hydrogens is 428 g/mol. The molecule has 0 aliphatic carbocycles. The summed E-state index contributed by atoms with van der Waals surface area (Å²) < 4.78 is 1.16. The Morgan fingerprint density at radius 2 is 1.91 bits per heavy atom. The SMILES string of the molecule is CCC(O)(c1ccc2[nH]c(-c3n[nH]c4ccsc34)cc2c1)c1ccccc1CN1CCCC1. The van der Waals surface area contributed by atoms with E-state index >= 15 is 0 Å². The third-order valence-corrected chi connectivity index (χ3v) is 8.01. The number of rotatable bonds is 6. The van der Waals surface area contributed by atoms with Crippen LogP contribution in [0.3, 0.4) is 0 Å². The quantitative estimate of drug-likeness (QED) is 0.293. The van der Waals surface area contributed by atoms with Crippen LogP contribution in [0, 0.1) is 0 Å². The number of aromatic amines is 2. The zero-order valence-electron chi connectivity index (χ0n) is 18.8. The number of nitrogens with one attached hydrogen (secondary N) is 2. The number of H-pyrrole nitrogens is 2. The zero-order chi connectivity index (χ0) is 22.4. The molecule has 5 nitrogen and oxygen atoms in total. The van der Waals surface area contributed by atoms with Crippen LogP contribution in [0.1, 0.15) is 42.9 Å². The minimum Gasteiger partial charge on any atom is -0.380 e. The monoisotopic (exact) mass is 456 g/mol. The lowest BCUT2D eigenvalue weighted by atomic mass is 9.81. The van der Waals surface area contributed by atoms with E-state index in [4.69, 9.17) is 0 Å². The first-order valence-corrected chi connectivity index (χ1v) is 12.6. The maximum absolute atomic E-state index is 12.0. The average molecular weight is 457 g/mol. The summed E-state index contributed by atoms with van der Waals surface area (Å²) in [5.41, 5.74) is 6.17. The number of benzene rings is 2. The molecule has 1 fully saturated rings. The van der Waals surface area contributed by atoms with E-state index in [1.807, 2.05) is 6.07 Å². The third kappa shape index (κ3) is 3.50. The molecule has 6 heteroatoms. The van der Waals surface area contributed by atoms with Gasteiger partial charge in [0.15, 0.2) is 0 Å². The molecule has 5 aromatic rings. The van der Waals surface area contributed by atoms with E-state index in [0.29, 0.717) is 6.42 Å². The van der Waals surface area contributed by atoms with Gasteiger partial charge in [-0.05, 0) is 78.7 Å². The smallest absolute Gasteiger partial charge is 0.126 e. The molecule has 0 amide bonds. The van der Waals surface area contributed by atoms with Crippen LogP contribution in [-0.4, -0.2) is 38.3 Å². The predicted molar refractivity (Wildman–Crippen MR) is 136 cm³/mol. The highest BCUT2D eigenvalue weighted by atomic mass is 32.1. The second-order valence-electron chi connectivity index (χ2n) is 9.07. The van der Waals surface area contributed by atoms with E-state index < -0.39 is 5.60 Å². The van der Waals surface area contributed by atoms with Crippen molar-refractivity contribution in [2.75, 3.05) is 13.1 Å². The Balaban J connectivity index is 1.40. The molecule has 1 aliphatic heterocycles. The van der Waals surface area contributed by atoms with Gasteiger partial charge < -0.3 is 10.1 Å². The number of aromatic nitrogens is 3. The van der Waals surface area contributed by atoms with Crippen molar-refractivity contribution in [1.82, 2.24) is 20.1 Å². The highest BCUT2D eigenvalue weighted by Crippen LogP contribution is 2.38. The lowest BCUT2D eigenvalue weighted by Gasteiger charge is -2.31. The van der Waals surface area contributed by atoms with Gasteiger partial charge >= 0.3 is 0 Å². The van der Waals surface area contributed by atoms with Crippen LogP contribution in [0.15, 0.2) is 60.0 Å². The van der Waals surface area contributed by atoms with Crippen LogP contribution >= 0.6 is 11.3 Å². The molecule has 1 atom stereocenters. The van der Waals surface area contributed by atoms with Gasteiger partial charge in [-0.3, -0.25) is 10.00 Å². The van der Waals surface area contributed by atoms with E-state index in [0.717, 1.165) is 63.3 Å². The Labute approximate surface area is 197 Å². The molecule has 2 aromatic carbocycles. The summed E-state index contributed by atoms with van der Waals surface area (Å²) in [7, 11) is 0. The molecule has 0 saturated carbocycles.